The van der Waals surface area contributed by atoms with Gasteiger partial charge in [-0.05, 0) is 30.5 Å². The van der Waals surface area contributed by atoms with Crippen molar-refractivity contribution in [2.75, 3.05) is 33.3 Å². The third-order valence-corrected chi connectivity index (χ3v) is 5.17. The van der Waals surface area contributed by atoms with E-state index in [9.17, 15) is 14.0 Å². The molecule has 1 aromatic carbocycles. The molecular formula is C19H26FN3O3. The number of carbonyl (C=O) groups is 2. The van der Waals surface area contributed by atoms with E-state index in [2.05, 4.69) is 5.32 Å². The molecule has 1 saturated heterocycles. The van der Waals surface area contributed by atoms with E-state index >= 15 is 0 Å². The number of rotatable bonds is 4. The van der Waals surface area contributed by atoms with Crippen molar-refractivity contribution in [2.45, 2.75) is 38.1 Å². The summed E-state index contributed by atoms with van der Waals surface area (Å²) in [5.41, 5.74) is 0.620. The number of benzene rings is 1. The lowest BCUT2D eigenvalue weighted by atomic mass is 10.1. The molecule has 26 heavy (non-hydrogen) atoms. The molecular weight excluding hydrogens is 337 g/mol. The van der Waals surface area contributed by atoms with Crippen LogP contribution in [0.2, 0.25) is 0 Å². The molecule has 3 amide bonds. The molecule has 1 aromatic rings. The Morgan fingerprint density at radius 2 is 1.81 bits per heavy atom. The van der Waals surface area contributed by atoms with Crippen molar-refractivity contribution in [3.05, 3.63) is 29.6 Å². The van der Waals surface area contributed by atoms with E-state index in [0.717, 1.165) is 12.8 Å². The maximum Gasteiger partial charge on any atom is 0.317 e. The van der Waals surface area contributed by atoms with Crippen LogP contribution in [0, 0.1) is 5.82 Å². The molecule has 7 heteroatoms. The Labute approximate surface area is 153 Å². The Kier molecular flexibility index (Phi) is 5.96. The summed E-state index contributed by atoms with van der Waals surface area (Å²) in [5.74, 6) is -0.347. The van der Waals surface area contributed by atoms with E-state index in [1.54, 1.807) is 15.9 Å². The number of nitrogens with zero attached hydrogens (tertiary/aromatic N) is 2. The summed E-state index contributed by atoms with van der Waals surface area (Å²) in [7, 11) is 1.41. The van der Waals surface area contributed by atoms with Crippen LogP contribution in [0.25, 0.3) is 0 Å². The normalized spacial score (nSPS) is 18.1. The quantitative estimate of drug-likeness (QED) is 0.892. The SMILES string of the molecule is COc1ccc(CC(=O)N2CCN(C(=O)NC3CCCC3)CC2)cc1F. The Bertz CT molecular complexity index is 653. The van der Waals surface area contributed by atoms with Gasteiger partial charge in [0.25, 0.3) is 0 Å². The van der Waals surface area contributed by atoms with Crippen LogP contribution in [0.15, 0.2) is 18.2 Å². The molecule has 0 unspecified atom stereocenters. The highest BCUT2D eigenvalue weighted by Gasteiger charge is 2.26. The number of halogens is 1. The Balaban J connectivity index is 1.47. The molecule has 0 spiro atoms. The van der Waals surface area contributed by atoms with Crippen LogP contribution in [0.1, 0.15) is 31.2 Å². The molecule has 6 nitrogen and oxygen atoms in total. The summed E-state index contributed by atoms with van der Waals surface area (Å²) in [6.07, 6.45) is 4.62. The van der Waals surface area contributed by atoms with Crippen molar-refractivity contribution < 1.29 is 18.7 Å². The average Bonchev–Trinajstić information content (AvgIpc) is 3.15. The number of nitrogens with one attached hydrogen (secondary N) is 1. The molecule has 3 rings (SSSR count). The molecule has 2 fully saturated rings. The number of piperazine rings is 1. The lowest BCUT2D eigenvalue weighted by Gasteiger charge is -2.35. The number of hydrogen-bond donors (Lipinski definition) is 1. The minimum Gasteiger partial charge on any atom is -0.494 e. The maximum absolute atomic E-state index is 13.7. The van der Waals surface area contributed by atoms with Crippen LogP contribution in [0.5, 0.6) is 5.75 Å². The zero-order chi connectivity index (χ0) is 18.5. The van der Waals surface area contributed by atoms with Crippen molar-refractivity contribution in [3.8, 4) is 5.75 Å². The minimum absolute atomic E-state index is 0.0266. The summed E-state index contributed by atoms with van der Waals surface area (Å²) < 4.78 is 18.6. The summed E-state index contributed by atoms with van der Waals surface area (Å²) in [6, 6.07) is 4.84. The van der Waals surface area contributed by atoms with Crippen molar-refractivity contribution in [3.63, 3.8) is 0 Å². The first-order valence-corrected chi connectivity index (χ1v) is 9.22. The van der Waals surface area contributed by atoms with Gasteiger partial charge in [0.2, 0.25) is 5.91 Å². The molecule has 142 valence electrons. The van der Waals surface area contributed by atoms with Crippen LogP contribution < -0.4 is 10.1 Å². The van der Waals surface area contributed by atoms with Gasteiger partial charge < -0.3 is 19.9 Å². The average molecular weight is 363 g/mol. The Morgan fingerprint density at radius 3 is 2.42 bits per heavy atom. The van der Waals surface area contributed by atoms with E-state index in [1.807, 2.05) is 0 Å². The molecule has 1 aliphatic heterocycles. The first kappa shape index (κ1) is 18.5. The van der Waals surface area contributed by atoms with Gasteiger partial charge in [-0.15, -0.1) is 0 Å². The lowest BCUT2D eigenvalue weighted by Crippen LogP contribution is -2.54. The third-order valence-electron chi connectivity index (χ3n) is 5.17. The van der Waals surface area contributed by atoms with Crippen LogP contribution in [-0.2, 0) is 11.2 Å². The summed E-state index contributed by atoms with van der Waals surface area (Å²) in [5, 5.41) is 3.08. The highest BCUT2D eigenvalue weighted by molar-refractivity contribution is 5.79. The number of urea groups is 1. The summed E-state index contributed by atoms with van der Waals surface area (Å²) in [4.78, 5) is 28.2. The fourth-order valence-electron chi connectivity index (χ4n) is 3.60. The molecule has 1 N–H and O–H groups in total. The third kappa shape index (κ3) is 4.45. The summed E-state index contributed by atoms with van der Waals surface area (Å²) in [6.45, 7) is 2.08. The smallest absolute Gasteiger partial charge is 0.317 e. The second-order valence-corrected chi connectivity index (χ2v) is 6.94. The van der Waals surface area contributed by atoms with E-state index in [0.29, 0.717) is 37.8 Å². The molecule has 0 bridgehead atoms. The number of carbonyl (C=O) groups excluding carboxylic acids is 2. The molecule has 2 aliphatic rings. The predicted octanol–water partition coefficient (Wildman–Crippen LogP) is 2.17. The monoisotopic (exact) mass is 363 g/mol. The van der Waals surface area contributed by atoms with Crippen molar-refractivity contribution in [1.29, 1.82) is 0 Å². The standard InChI is InChI=1S/C19H26FN3O3/c1-26-17-7-6-14(12-16(17)20)13-18(24)22-8-10-23(11-9-22)19(25)21-15-4-2-3-5-15/h6-7,12,15H,2-5,8-11,13H2,1H3,(H,21,25). The Hall–Kier alpha value is -2.31. The minimum atomic E-state index is -0.466. The van der Waals surface area contributed by atoms with Crippen molar-refractivity contribution >= 4 is 11.9 Å². The van der Waals surface area contributed by atoms with Gasteiger partial charge in [0.1, 0.15) is 0 Å². The maximum atomic E-state index is 13.7. The van der Waals surface area contributed by atoms with Crippen LogP contribution in [0.3, 0.4) is 0 Å². The van der Waals surface area contributed by atoms with Gasteiger partial charge in [0.15, 0.2) is 11.6 Å². The van der Waals surface area contributed by atoms with E-state index in [1.165, 1.54) is 32.1 Å². The molecule has 1 heterocycles. The molecule has 0 atom stereocenters. The zero-order valence-electron chi connectivity index (χ0n) is 15.2. The number of methoxy groups -OCH3 is 1. The highest BCUT2D eigenvalue weighted by Crippen LogP contribution is 2.19. The van der Waals surface area contributed by atoms with Crippen LogP contribution in [0.4, 0.5) is 9.18 Å². The van der Waals surface area contributed by atoms with Gasteiger partial charge in [0.05, 0.1) is 13.5 Å². The van der Waals surface area contributed by atoms with Gasteiger partial charge in [-0.25, -0.2) is 9.18 Å². The fourth-order valence-corrected chi connectivity index (χ4v) is 3.60. The van der Waals surface area contributed by atoms with Crippen LogP contribution in [-0.4, -0.2) is 61.1 Å². The highest BCUT2D eigenvalue weighted by atomic mass is 19.1. The largest absolute Gasteiger partial charge is 0.494 e. The molecule has 1 saturated carbocycles. The predicted molar refractivity (Wildman–Crippen MR) is 95.6 cm³/mol. The van der Waals surface area contributed by atoms with Gasteiger partial charge in [-0.1, -0.05) is 18.9 Å². The number of amides is 3. The van der Waals surface area contributed by atoms with E-state index < -0.39 is 5.82 Å². The van der Waals surface area contributed by atoms with E-state index in [-0.39, 0.29) is 24.1 Å². The molecule has 0 radical (unpaired) electrons. The van der Waals surface area contributed by atoms with Crippen molar-refractivity contribution in [2.24, 2.45) is 0 Å². The first-order chi connectivity index (χ1) is 12.6. The second kappa shape index (κ2) is 8.38. The van der Waals surface area contributed by atoms with Crippen molar-refractivity contribution in [1.82, 2.24) is 15.1 Å². The van der Waals surface area contributed by atoms with E-state index in [4.69, 9.17) is 4.74 Å². The number of hydrogen-bond acceptors (Lipinski definition) is 3. The molecule has 1 aliphatic carbocycles. The molecule has 0 aromatic heterocycles. The van der Waals surface area contributed by atoms with Gasteiger partial charge in [-0.3, -0.25) is 4.79 Å². The lowest BCUT2D eigenvalue weighted by molar-refractivity contribution is -0.131. The topological polar surface area (TPSA) is 61.9 Å². The zero-order valence-corrected chi connectivity index (χ0v) is 15.2. The summed E-state index contributed by atoms with van der Waals surface area (Å²) >= 11 is 0. The number of ether oxygens (including phenoxy) is 1. The van der Waals surface area contributed by atoms with Gasteiger partial charge >= 0.3 is 6.03 Å². The fraction of sp³-hybridized carbons (Fsp3) is 0.579. The van der Waals surface area contributed by atoms with Gasteiger partial charge in [0, 0.05) is 32.2 Å². The van der Waals surface area contributed by atoms with Crippen LogP contribution >= 0.6 is 0 Å². The van der Waals surface area contributed by atoms with Gasteiger partial charge in [-0.2, -0.15) is 0 Å². The Morgan fingerprint density at radius 1 is 1.15 bits per heavy atom. The second-order valence-electron chi connectivity index (χ2n) is 6.94. The first-order valence-electron chi connectivity index (χ1n) is 9.22.